The second kappa shape index (κ2) is 7.00. The normalized spacial score (nSPS) is 24.9. The van der Waals surface area contributed by atoms with E-state index in [-0.39, 0.29) is 11.2 Å². The minimum Gasteiger partial charge on any atom is -0.352 e. The van der Waals surface area contributed by atoms with Crippen molar-refractivity contribution in [1.29, 1.82) is 0 Å². The summed E-state index contributed by atoms with van der Waals surface area (Å²) in [5.41, 5.74) is 0.135. The molecule has 0 bridgehead atoms. The summed E-state index contributed by atoms with van der Waals surface area (Å²) in [5.74, 6) is 1.61. The van der Waals surface area contributed by atoms with Gasteiger partial charge in [0.25, 0.3) is 0 Å². The fourth-order valence-corrected chi connectivity index (χ4v) is 5.66. The topological polar surface area (TPSA) is 18.5 Å². The van der Waals surface area contributed by atoms with E-state index in [0.717, 1.165) is 5.92 Å². The van der Waals surface area contributed by atoms with Crippen LogP contribution in [-0.2, 0) is 9.47 Å². The minimum atomic E-state index is -0.386. The molecule has 2 fully saturated rings. The van der Waals surface area contributed by atoms with Crippen molar-refractivity contribution in [2.24, 2.45) is 23.2 Å². The van der Waals surface area contributed by atoms with Crippen molar-refractivity contribution in [3.05, 3.63) is 0 Å². The van der Waals surface area contributed by atoms with Crippen LogP contribution < -0.4 is 0 Å². The van der Waals surface area contributed by atoms with Gasteiger partial charge in [0.15, 0.2) is 5.79 Å². The van der Waals surface area contributed by atoms with E-state index in [0.29, 0.717) is 11.8 Å². The molecule has 2 rings (SSSR count). The highest BCUT2D eigenvalue weighted by molar-refractivity contribution is 5.01. The first kappa shape index (κ1) is 17.3. The van der Waals surface area contributed by atoms with Crippen molar-refractivity contribution in [1.82, 2.24) is 0 Å². The molecule has 0 heterocycles. The first-order chi connectivity index (χ1) is 10.00. The quantitative estimate of drug-likeness (QED) is 0.585. The van der Waals surface area contributed by atoms with Gasteiger partial charge >= 0.3 is 0 Å². The van der Waals surface area contributed by atoms with Crippen molar-refractivity contribution in [2.45, 2.75) is 84.3 Å². The predicted molar refractivity (Wildman–Crippen MR) is 88.2 cm³/mol. The molecular weight excluding hydrogens is 260 g/mol. The Balaban J connectivity index is 2.37. The van der Waals surface area contributed by atoms with Gasteiger partial charge in [0.2, 0.25) is 0 Å². The molecule has 0 saturated heterocycles. The Labute approximate surface area is 132 Å². The lowest BCUT2D eigenvalue weighted by Gasteiger charge is -2.54. The number of ether oxygens (including phenoxy) is 2. The third-order valence-electron chi connectivity index (χ3n) is 6.38. The highest BCUT2D eigenvalue weighted by Crippen LogP contribution is 2.57. The minimum absolute atomic E-state index is 0.135. The Bertz CT molecular complexity index is 310. The number of hydrogen-bond acceptors (Lipinski definition) is 2. The van der Waals surface area contributed by atoms with Crippen LogP contribution in [0.3, 0.4) is 0 Å². The summed E-state index contributed by atoms with van der Waals surface area (Å²) in [4.78, 5) is 0. The molecule has 0 radical (unpaired) electrons. The number of rotatable bonds is 7. The van der Waals surface area contributed by atoms with Crippen LogP contribution in [-0.4, -0.2) is 20.0 Å². The van der Waals surface area contributed by atoms with Crippen LogP contribution in [0.2, 0.25) is 0 Å². The molecule has 0 aromatic heterocycles. The third-order valence-corrected chi connectivity index (χ3v) is 6.38. The van der Waals surface area contributed by atoms with Gasteiger partial charge in [-0.15, -0.1) is 0 Å². The summed E-state index contributed by atoms with van der Waals surface area (Å²) in [6.45, 7) is 7.16. The zero-order valence-electron chi connectivity index (χ0n) is 14.9. The summed E-state index contributed by atoms with van der Waals surface area (Å²) in [7, 11) is 3.77. The summed E-state index contributed by atoms with van der Waals surface area (Å²) >= 11 is 0. The van der Waals surface area contributed by atoms with Gasteiger partial charge in [0.1, 0.15) is 0 Å². The van der Waals surface area contributed by atoms with E-state index in [1.807, 2.05) is 14.2 Å². The standard InChI is InChI=1S/C19H36O2/c1-15(2)14-18(3,16-10-6-7-11-16)19(20-4,21-5)17-12-8-9-13-17/h15-17H,6-14H2,1-5H3. The molecule has 0 N–H and O–H groups in total. The lowest BCUT2D eigenvalue weighted by Crippen LogP contribution is -2.58. The lowest BCUT2D eigenvalue weighted by atomic mass is 9.61. The molecule has 0 aromatic rings. The van der Waals surface area contributed by atoms with E-state index in [4.69, 9.17) is 9.47 Å². The molecule has 124 valence electrons. The second-order valence-electron chi connectivity index (χ2n) is 8.05. The molecule has 2 aliphatic rings. The van der Waals surface area contributed by atoms with Crippen LogP contribution in [0.15, 0.2) is 0 Å². The molecule has 2 aliphatic carbocycles. The molecule has 2 saturated carbocycles. The fraction of sp³-hybridized carbons (Fsp3) is 1.00. The van der Waals surface area contributed by atoms with Gasteiger partial charge in [-0.05, 0) is 43.9 Å². The van der Waals surface area contributed by atoms with Crippen LogP contribution in [0.4, 0.5) is 0 Å². The Morgan fingerprint density at radius 2 is 1.29 bits per heavy atom. The van der Waals surface area contributed by atoms with Gasteiger partial charge in [0.05, 0.1) is 0 Å². The van der Waals surface area contributed by atoms with Gasteiger partial charge in [0, 0.05) is 25.6 Å². The van der Waals surface area contributed by atoms with Crippen LogP contribution >= 0.6 is 0 Å². The number of hydrogen-bond donors (Lipinski definition) is 0. The Hall–Kier alpha value is -0.0800. The van der Waals surface area contributed by atoms with Crippen molar-refractivity contribution in [3.63, 3.8) is 0 Å². The van der Waals surface area contributed by atoms with Gasteiger partial charge in [-0.25, -0.2) is 0 Å². The SMILES string of the molecule is COC(OC)(C1CCCC1)C(C)(CC(C)C)C1CCCC1. The molecule has 2 heteroatoms. The van der Waals surface area contributed by atoms with Crippen LogP contribution in [0.1, 0.15) is 78.6 Å². The second-order valence-corrected chi connectivity index (χ2v) is 8.05. The third kappa shape index (κ3) is 3.03. The van der Waals surface area contributed by atoms with Crippen molar-refractivity contribution in [3.8, 4) is 0 Å². The highest BCUT2D eigenvalue weighted by atomic mass is 16.7. The van der Waals surface area contributed by atoms with Crippen molar-refractivity contribution < 1.29 is 9.47 Å². The first-order valence-corrected chi connectivity index (χ1v) is 9.10. The zero-order chi connectivity index (χ0) is 15.5. The maximum absolute atomic E-state index is 6.23. The average molecular weight is 296 g/mol. The summed E-state index contributed by atoms with van der Waals surface area (Å²) in [6.07, 6.45) is 11.9. The molecule has 0 aliphatic heterocycles. The lowest BCUT2D eigenvalue weighted by molar-refractivity contribution is -0.317. The molecule has 1 unspecified atom stereocenters. The van der Waals surface area contributed by atoms with Crippen molar-refractivity contribution >= 4 is 0 Å². The Kier molecular flexibility index (Phi) is 5.76. The predicted octanol–water partition coefficient (Wildman–Crippen LogP) is 5.41. The molecule has 2 nitrogen and oxygen atoms in total. The van der Waals surface area contributed by atoms with E-state index in [1.54, 1.807) is 0 Å². The van der Waals surface area contributed by atoms with Crippen molar-refractivity contribution in [2.75, 3.05) is 14.2 Å². The van der Waals surface area contributed by atoms with E-state index in [9.17, 15) is 0 Å². The summed E-state index contributed by atoms with van der Waals surface area (Å²) in [6, 6.07) is 0. The van der Waals surface area contributed by atoms with Gasteiger partial charge in [-0.3, -0.25) is 0 Å². The smallest absolute Gasteiger partial charge is 0.175 e. The molecule has 0 amide bonds. The molecule has 21 heavy (non-hydrogen) atoms. The van der Waals surface area contributed by atoms with Gasteiger partial charge in [-0.2, -0.15) is 0 Å². The highest BCUT2D eigenvalue weighted by Gasteiger charge is 2.58. The monoisotopic (exact) mass is 296 g/mol. The van der Waals surface area contributed by atoms with E-state index < -0.39 is 0 Å². The largest absolute Gasteiger partial charge is 0.352 e. The molecule has 0 spiro atoms. The Morgan fingerprint density at radius 1 is 0.857 bits per heavy atom. The van der Waals surface area contributed by atoms with Gasteiger partial charge in [-0.1, -0.05) is 46.5 Å². The summed E-state index contributed by atoms with van der Waals surface area (Å²) < 4.78 is 12.5. The average Bonchev–Trinajstić information content (AvgIpc) is 3.14. The molecule has 0 aromatic carbocycles. The molecular formula is C19H36O2. The van der Waals surface area contributed by atoms with E-state index in [2.05, 4.69) is 20.8 Å². The maximum Gasteiger partial charge on any atom is 0.175 e. The van der Waals surface area contributed by atoms with Crippen LogP contribution in [0.25, 0.3) is 0 Å². The molecule has 1 atom stereocenters. The first-order valence-electron chi connectivity index (χ1n) is 9.10. The summed E-state index contributed by atoms with van der Waals surface area (Å²) in [5, 5.41) is 0. The fourth-order valence-electron chi connectivity index (χ4n) is 5.66. The van der Waals surface area contributed by atoms with Crippen LogP contribution in [0.5, 0.6) is 0 Å². The zero-order valence-corrected chi connectivity index (χ0v) is 14.9. The van der Waals surface area contributed by atoms with Gasteiger partial charge < -0.3 is 9.47 Å². The van der Waals surface area contributed by atoms with Crippen LogP contribution in [0, 0.1) is 23.2 Å². The van der Waals surface area contributed by atoms with E-state index in [1.165, 1.54) is 57.8 Å². The Morgan fingerprint density at radius 3 is 1.67 bits per heavy atom. The maximum atomic E-state index is 6.23. The number of methoxy groups -OCH3 is 2. The van der Waals surface area contributed by atoms with E-state index >= 15 is 0 Å².